The summed E-state index contributed by atoms with van der Waals surface area (Å²) in [5.41, 5.74) is 0. The number of aliphatic hydroxyl groups is 2. The lowest BCUT2D eigenvalue weighted by Crippen LogP contribution is -2.29. The lowest BCUT2D eigenvalue weighted by molar-refractivity contribution is -0.154. The third kappa shape index (κ3) is 32.4. The second-order valence-corrected chi connectivity index (χ2v) is 13.0. The van der Waals surface area contributed by atoms with Crippen molar-refractivity contribution in [2.24, 2.45) is 0 Å². The van der Waals surface area contributed by atoms with Crippen LogP contribution in [0.1, 0.15) is 136 Å². The molecule has 0 amide bonds. The quantitative estimate of drug-likeness (QED) is 0.0274. The molecular weight excluding hydrogens is 595 g/mol. The van der Waals surface area contributed by atoms with E-state index in [1.54, 1.807) is 0 Å². The fourth-order valence-electron chi connectivity index (χ4n) is 4.33. The van der Waals surface area contributed by atoms with E-state index < -0.39 is 39.2 Å². The molecule has 0 saturated carbocycles. The maximum atomic E-state index is 12.5. The Morgan fingerprint density at radius 3 is 1.82 bits per heavy atom. The minimum absolute atomic E-state index is 0.0382. The predicted molar refractivity (Wildman–Crippen MR) is 182 cm³/mol. The van der Waals surface area contributed by atoms with Crippen molar-refractivity contribution in [3.63, 3.8) is 0 Å². The fraction of sp³-hybridized carbons (Fsp3) is 0.800. The van der Waals surface area contributed by atoms with Gasteiger partial charge in [0.2, 0.25) is 0 Å². The van der Waals surface area contributed by atoms with Gasteiger partial charge in [0.1, 0.15) is 12.2 Å². The molecule has 0 heterocycles. The molecule has 45 heavy (non-hydrogen) atoms. The summed E-state index contributed by atoms with van der Waals surface area (Å²) in [4.78, 5) is 22.4. The number of allylic oxidation sites excluding steroid dienone is 6. The van der Waals surface area contributed by atoms with Crippen molar-refractivity contribution in [3.8, 4) is 0 Å². The molecule has 9 nitrogen and oxygen atoms in total. The number of carbonyl (C=O) groups is 1. The van der Waals surface area contributed by atoms with Gasteiger partial charge < -0.3 is 24.6 Å². The number of phosphoric acid groups is 1. The summed E-state index contributed by atoms with van der Waals surface area (Å²) in [7, 11) is -4.51. The Morgan fingerprint density at radius 2 is 1.20 bits per heavy atom. The molecule has 0 aromatic carbocycles. The van der Waals surface area contributed by atoms with Crippen LogP contribution in [0.3, 0.4) is 0 Å². The summed E-state index contributed by atoms with van der Waals surface area (Å²) in [5, 5.41) is 18.2. The van der Waals surface area contributed by atoms with Crippen LogP contribution in [-0.2, 0) is 27.9 Å². The highest BCUT2D eigenvalue weighted by Gasteiger charge is 2.26. The van der Waals surface area contributed by atoms with Gasteiger partial charge in [-0.2, -0.15) is 0 Å². The Hall–Kier alpha value is -1.32. The Balaban J connectivity index is 4.29. The van der Waals surface area contributed by atoms with E-state index in [0.717, 1.165) is 77.0 Å². The normalized spacial score (nSPS) is 14.9. The van der Waals surface area contributed by atoms with Gasteiger partial charge in [0.05, 0.1) is 26.4 Å². The van der Waals surface area contributed by atoms with Crippen LogP contribution >= 0.6 is 7.82 Å². The SMILES string of the molecule is CCC/C=C\C/C=C\CCCCCCCCOCC(COP(=O)(O)OCC(O)CO)OC(=O)CCCCCCC/C=C\CCC. The lowest BCUT2D eigenvalue weighted by atomic mass is 10.1. The van der Waals surface area contributed by atoms with Crippen molar-refractivity contribution in [2.45, 2.75) is 148 Å². The molecule has 10 heteroatoms. The monoisotopic (exact) mass is 660 g/mol. The first-order chi connectivity index (χ1) is 21.8. The van der Waals surface area contributed by atoms with Crippen LogP contribution in [0.15, 0.2) is 36.5 Å². The average Bonchev–Trinajstić information content (AvgIpc) is 3.03. The topological polar surface area (TPSA) is 132 Å². The third-order valence-corrected chi connectivity index (χ3v) is 7.96. The van der Waals surface area contributed by atoms with Crippen molar-refractivity contribution in [3.05, 3.63) is 36.5 Å². The van der Waals surface area contributed by atoms with Gasteiger partial charge in [0.15, 0.2) is 0 Å². The standard InChI is InChI=1S/C35H65O9P/c1-3-5-7-9-11-13-15-16-17-18-20-22-24-26-28-41-31-34(32-43-45(39,40)42-30-33(37)29-36)44-35(38)27-25-23-21-19-14-12-10-8-6-4-2/h7-10,13,15,33-34,36-37H,3-6,11-12,14,16-32H2,1-2H3,(H,39,40)/b9-7-,10-8-,15-13-. The molecule has 0 aliphatic heterocycles. The molecule has 264 valence electrons. The smallest absolute Gasteiger partial charge is 0.457 e. The molecule has 0 radical (unpaired) electrons. The second kappa shape index (κ2) is 32.6. The van der Waals surface area contributed by atoms with Crippen LogP contribution in [0.5, 0.6) is 0 Å². The van der Waals surface area contributed by atoms with Crippen molar-refractivity contribution in [2.75, 3.05) is 33.0 Å². The van der Waals surface area contributed by atoms with Crippen LogP contribution in [-0.4, -0.2) is 66.3 Å². The van der Waals surface area contributed by atoms with Crippen molar-refractivity contribution in [1.29, 1.82) is 0 Å². The van der Waals surface area contributed by atoms with Crippen LogP contribution in [0.25, 0.3) is 0 Å². The molecule has 3 unspecified atom stereocenters. The van der Waals surface area contributed by atoms with Crippen LogP contribution < -0.4 is 0 Å². The summed E-state index contributed by atoms with van der Waals surface area (Å²) >= 11 is 0. The van der Waals surface area contributed by atoms with E-state index in [0.29, 0.717) is 13.0 Å². The van der Waals surface area contributed by atoms with E-state index in [-0.39, 0.29) is 19.6 Å². The van der Waals surface area contributed by atoms with E-state index in [1.165, 1.54) is 32.1 Å². The summed E-state index contributed by atoms with van der Waals surface area (Å²) in [6, 6.07) is 0. The minimum atomic E-state index is -4.51. The van der Waals surface area contributed by atoms with Gasteiger partial charge in [-0.3, -0.25) is 13.8 Å². The first-order valence-electron chi connectivity index (χ1n) is 17.5. The van der Waals surface area contributed by atoms with Gasteiger partial charge in [0.25, 0.3) is 0 Å². The second-order valence-electron chi connectivity index (χ2n) is 11.5. The van der Waals surface area contributed by atoms with E-state index in [4.69, 9.17) is 23.6 Å². The highest BCUT2D eigenvalue weighted by Crippen LogP contribution is 2.43. The van der Waals surface area contributed by atoms with E-state index >= 15 is 0 Å². The summed E-state index contributed by atoms with van der Waals surface area (Å²) < 4.78 is 33.1. The molecule has 0 aliphatic rings. The molecule has 0 aliphatic carbocycles. The van der Waals surface area contributed by atoms with Crippen molar-refractivity contribution in [1.82, 2.24) is 0 Å². The fourth-order valence-corrected chi connectivity index (χ4v) is 5.12. The minimum Gasteiger partial charge on any atom is -0.457 e. The number of carbonyl (C=O) groups excluding carboxylic acids is 1. The molecule has 0 aromatic heterocycles. The lowest BCUT2D eigenvalue weighted by Gasteiger charge is -2.20. The van der Waals surface area contributed by atoms with Crippen molar-refractivity contribution >= 4 is 13.8 Å². The number of rotatable bonds is 33. The highest BCUT2D eigenvalue weighted by molar-refractivity contribution is 7.47. The van der Waals surface area contributed by atoms with E-state index in [1.807, 2.05) is 0 Å². The Labute approximate surface area is 274 Å². The zero-order valence-electron chi connectivity index (χ0n) is 28.3. The Kier molecular flexibility index (Phi) is 31.7. The number of hydrogen-bond acceptors (Lipinski definition) is 8. The average molecular weight is 661 g/mol. The number of esters is 1. The highest BCUT2D eigenvalue weighted by atomic mass is 31.2. The molecule has 0 fully saturated rings. The molecule has 0 saturated heterocycles. The summed E-state index contributed by atoms with van der Waals surface area (Å²) in [5.74, 6) is -0.401. The number of ether oxygens (including phenoxy) is 2. The molecule has 0 rings (SSSR count). The first-order valence-corrected chi connectivity index (χ1v) is 19.0. The third-order valence-electron chi connectivity index (χ3n) is 7.01. The molecule has 0 aromatic rings. The van der Waals surface area contributed by atoms with Gasteiger partial charge in [-0.1, -0.05) is 108 Å². The molecule has 3 N–H and O–H groups in total. The van der Waals surface area contributed by atoms with Crippen LogP contribution in [0.2, 0.25) is 0 Å². The number of hydrogen-bond donors (Lipinski definition) is 3. The molecule has 0 spiro atoms. The zero-order chi connectivity index (χ0) is 33.3. The van der Waals surface area contributed by atoms with Crippen molar-refractivity contribution < 1.29 is 43.0 Å². The number of phosphoric ester groups is 1. The summed E-state index contributed by atoms with van der Waals surface area (Å²) in [6.07, 6.45) is 31.1. The molecule has 0 bridgehead atoms. The van der Waals surface area contributed by atoms with Gasteiger partial charge in [-0.25, -0.2) is 4.57 Å². The summed E-state index contributed by atoms with van der Waals surface area (Å²) in [6.45, 7) is 3.33. The predicted octanol–water partition coefficient (Wildman–Crippen LogP) is 8.52. The Morgan fingerprint density at radius 1 is 0.689 bits per heavy atom. The van der Waals surface area contributed by atoms with Gasteiger partial charge in [0, 0.05) is 13.0 Å². The van der Waals surface area contributed by atoms with E-state index in [2.05, 4.69) is 50.3 Å². The number of unbranched alkanes of at least 4 members (excludes halogenated alkanes) is 13. The maximum Gasteiger partial charge on any atom is 0.472 e. The first kappa shape index (κ1) is 43.7. The maximum absolute atomic E-state index is 12.5. The van der Waals surface area contributed by atoms with Gasteiger partial charge in [-0.15, -0.1) is 0 Å². The van der Waals surface area contributed by atoms with Crippen LogP contribution in [0, 0.1) is 0 Å². The zero-order valence-corrected chi connectivity index (χ0v) is 29.2. The van der Waals surface area contributed by atoms with Gasteiger partial charge in [-0.05, 0) is 57.8 Å². The van der Waals surface area contributed by atoms with Gasteiger partial charge >= 0.3 is 13.8 Å². The molecular formula is C35H65O9P. The van der Waals surface area contributed by atoms with Crippen LogP contribution in [0.4, 0.5) is 0 Å². The largest absolute Gasteiger partial charge is 0.472 e. The Bertz CT molecular complexity index is 800. The molecule has 3 atom stereocenters. The number of aliphatic hydroxyl groups excluding tert-OH is 2. The van der Waals surface area contributed by atoms with E-state index in [9.17, 15) is 19.4 Å².